The third kappa shape index (κ3) is 2.52. The van der Waals surface area contributed by atoms with Gasteiger partial charge in [0.25, 0.3) is 0 Å². The van der Waals surface area contributed by atoms with Crippen molar-refractivity contribution >= 4 is 11.8 Å². The highest BCUT2D eigenvalue weighted by atomic mass is 16.4. The van der Waals surface area contributed by atoms with Crippen LogP contribution in [0.5, 0.6) is 0 Å². The van der Waals surface area contributed by atoms with Crippen molar-refractivity contribution in [3.8, 4) is 0 Å². The average Bonchev–Trinajstić information content (AvgIpc) is 2.33. The van der Waals surface area contributed by atoms with Crippen molar-refractivity contribution in [2.45, 2.75) is 25.7 Å². The zero-order valence-corrected chi connectivity index (χ0v) is 10.0. The van der Waals surface area contributed by atoms with Crippen LogP contribution in [-0.4, -0.2) is 29.2 Å². The first-order chi connectivity index (χ1) is 8.08. The standard InChI is InChI=1S/C13H18N2O2/c1-9-4-5-10(7-12(9)14)11-3-2-6-15(8-11)13(16)17/h4-5,7,11H,2-3,6,8,14H2,1H3,(H,16,17). The smallest absolute Gasteiger partial charge is 0.407 e. The average molecular weight is 234 g/mol. The molecule has 1 amide bonds. The summed E-state index contributed by atoms with van der Waals surface area (Å²) in [7, 11) is 0. The van der Waals surface area contributed by atoms with E-state index in [0.29, 0.717) is 13.1 Å². The molecule has 0 spiro atoms. The van der Waals surface area contributed by atoms with E-state index < -0.39 is 6.09 Å². The Morgan fingerprint density at radius 2 is 2.29 bits per heavy atom. The topological polar surface area (TPSA) is 66.6 Å². The molecule has 3 N–H and O–H groups in total. The van der Waals surface area contributed by atoms with Gasteiger partial charge in [-0.05, 0) is 37.0 Å². The van der Waals surface area contributed by atoms with Crippen molar-refractivity contribution in [1.82, 2.24) is 4.90 Å². The van der Waals surface area contributed by atoms with Crippen LogP contribution in [0.3, 0.4) is 0 Å². The number of hydrogen-bond donors (Lipinski definition) is 2. The molecule has 1 heterocycles. The summed E-state index contributed by atoms with van der Waals surface area (Å²) in [6, 6.07) is 6.04. The Labute approximate surface area is 101 Å². The lowest BCUT2D eigenvalue weighted by atomic mass is 9.90. The molecule has 1 aromatic carbocycles. The zero-order chi connectivity index (χ0) is 12.4. The minimum absolute atomic E-state index is 0.280. The molecular formula is C13H18N2O2. The molecule has 17 heavy (non-hydrogen) atoms. The molecule has 2 rings (SSSR count). The zero-order valence-electron chi connectivity index (χ0n) is 10.0. The third-order valence-corrected chi connectivity index (χ3v) is 3.47. The van der Waals surface area contributed by atoms with Crippen LogP contribution in [0.25, 0.3) is 0 Å². The maximum Gasteiger partial charge on any atom is 0.407 e. The Hall–Kier alpha value is -1.71. The Morgan fingerprint density at radius 3 is 2.94 bits per heavy atom. The van der Waals surface area contributed by atoms with Crippen molar-refractivity contribution in [2.75, 3.05) is 18.8 Å². The first kappa shape index (κ1) is 11.8. The van der Waals surface area contributed by atoms with Crippen LogP contribution < -0.4 is 5.73 Å². The number of piperidine rings is 1. The van der Waals surface area contributed by atoms with Crippen LogP contribution in [-0.2, 0) is 0 Å². The van der Waals surface area contributed by atoms with E-state index in [2.05, 4.69) is 6.07 Å². The van der Waals surface area contributed by atoms with E-state index in [1.165, 1.54) is 4.90 Å². The fourth-order valence-electron chi connectivity index (χ4n) is 2.34. The van der Waals surface area contributed by atoms with E-state index >= 15 is 0 Å². The number of nitrogens with zero attached hydrogens (tertiary/aromatic N) is 1. The van der Waals surface area contributed by atoms with Gasteiger partial charge in [0.15, 0.2) is 0 Å². The Kier molecular flexibility index (Phi) is 3.22. The first-order valence-corrected chi connectivity index (χ1v) is 5.92. The van der Waals surface area contributed by atoms with Crippen LogP contribution >= 0.6 is 0 Å². The van der Waals surface area contributed by atoms with Crippen molar-refractivity contribution in [3.63, 3.8) is 0 Å². The molecule has 1 atom stereocenters. The second kappa shape index (κ2) is 4.65. The molecule has 1 saturated heterocycles. The predicted octanol–water partition coefficient (Wildman–Crippen LogP) is 2.43. The number of anilines is 1. The third-order valence-electron chi connectivity index (χ3n) is 3.47. The highest BCUT2D eigenvalue weighted by Gasteiger charge is 2.24. The van der Waals surface area contributed by atoms with Crippen LogP contribution in [0, 0.1) is 6.92 Å². The number of carboxylic acid groups (broad SMARTS) is 1. The molecule has 1 aromatic rings. The van der Waals surface area contributed by atoms with E-state index in [1.807, 2.05) is 19.1 Å². The van der Waals surface area contributed by atoms with Gasteiger partial charge in [0.1, 0.15) is 0 Å². The maximum atomic E-state index is 11.0. The summed E-state index contributed by atoms with van der Waals surface area (Å²) in [5.41, 5.74) is 8.90. The molecule has 0 radical (unpaired) electrons. The van der Waals surface area contributed by atoms with Gasteiger partial charge < -0.3 is 15.7 Å². The summed E-state index contributed by atoms with van der Waals surface area (Å²) >= 11 is 0. The summed E-state index contributed by atoms with van der Waals surface area (Å²) in [6.45, 7) is 3.20. The number of carbonyl (C=O) groups is 1. The van der Waals surface area contributed by atoms with Gasteiger partial charge in [0, 0.05) is 24.7 Å². The molecule has 1 aliphatic heterocycles. The summed E-state index contributed by atoms with van der Waals surface area (Å²) in [4.78, 5) is 12.4. The lowest BCUT2D eigenvalue weighted by Crippen LogP contribution is -2.38. The molecular weight excluding hydrogens is 216 g/mol. The van der Waals surface area contributed by atoms with Gasteiger partial charge in [0.05, 0.1) is 0 Å². The molecule has 0 aliphatic carbocycles. The summed E-state index contributed by atoms with van der Waals surface area (Å²) in [5.74, 6) is 0.280. The van der Waals surface area contributed by atoms with Gasteiger partial charge in [-0.2, -0.15) is 0 Å². The Morgan fingerprint density at radius 1 is 1.53 bits per heavy atom. The van der Waals surface area contributed by atoms with Gasteiger partial charge in [-0.3, -0.25) is 0 Å². The van der Waals surface area contributed by atoms with E-state index in [-0.39, 0.29) is 5.92 Å². The fraction of sp³-hybridized carbons (Fsp3) is 0.462. The van der Waals surface area contributed by atoms with Gasteiger partial charge in [-0.15, -0.1) is 0 Å². The lowest BCUT2D eigenvalue weighted by Gasteiger charge is -2.31. The number of hydrogen-bond acceptors (Lipinski definition) is 2. The molecule has 1 aliphatic rings. The van der Waals surface area contributed by atoms with Gasteiger partial charge in [0.2, 0.25) is 0 Å². The highest BCUT2D eigenvalue weighted by molar-refractivity contribution is 5.65. The molecule has 4 heteroatoms. The van der Waals surface area contributed by atoms with E-state index in [1.54, 1.807) is 0 Å². The van der Waals surface area contributed by atoms with Crippen LogP contribution in [0.2, 0.25) is 0 Å². The van der Waals surface area contributed by atoms with Crippen molar-refractivity contribution in [1.29, 1.82) is 0 Å². The Bertz CT molecular complexity index is 431. The number of rotatable bonds is 1. The molecule has 0 bridgehead atoms. The second-order valence-electron chi connectivity index (χ2n) is 4.68. The van der Waals surface area contributed by atoms with Crippen LogP contribution in [0.1, 0.15) is 29.9 Å². The van der Waals surface area contributed by atoms with Crippen molar-refractivity contribution < 1.29 is 9.90 Å². The number of aryl methyl sites for hydroxylation is 1. The molecule has 1 unspecified atom stereocenters. The first-order valence-electron chi connectivity index (χ1n) is 5.92. The minimum Gasteiger partial charge on any atom is -0.465 e. The molecule has 1 fully saturated rings. The quantitative estimate of drug-likeness (QED) is 0.733. The van der Waals surface area contributed by atoms with Gasteiger partial charge >= 0.3 is 6.09 Å². The van der Waals surface area contributed by atoms with E-state index in [0.717, 1.165) is 29.7 Å². The maximum absolute atomic E-state index is 11.0. The van der Waals surface area contributed by atoms with Crippen molar-refractivity contribution in [3.05, 3.63) is 29.3 Å². The number of amides is 1. The SMILES string of the molecule is Cc1ccc(C2CCCN(C(=O)O)C2)cc1N. The number of nitrogens with two attached hydrogens (primary N) is 1. The highest BCUT2D eigenvalue weighted by Crippen LogP contribution is 2.28. The van der Waals surface area contributed by atoms with Gasteiger partial charge in [-0.25, -0.2) is 4.79 Å². The predicted molar refractivity (Wildman–Crippen MR) is 67.2 cm³/mol. The van der Waals surface area contributed by atoms with Crippen LogP contribution in [0.15, 0.2) is 18.2 Å². The van der Waals surface area contributed by atoms with Crippen molar-refractivity contribution in [2.24, 2.45) is 0 Å². The second-order valence-corrected chi connectivity index (χ2v) is 4.68. The summed E-state index contributed by atoms with van der Waals surface area (Å²) < 4.78 is 0. The number of nitrogen functional groups attached to an aromatic ring is 1. The largest absolute Gasteiger partial charge is 0.465 e. The van der Waals surface area contributed by atoms with E-state index in [9.17, 15) is 4.79 Å². The van der Waals surface area contributed by atoms with Crippen LogP contribution in [0.4, 0.5) is 10.5 Å². The Balaban J connectivity index is 2.16. The normalized spacial score (nSPS) is 20.3. The molecule has 0 aromatic heterocycles. The van der Waals surface area contributed by atoms with Gasteiger partial charge in [-0.1, -0.05) is 12.1 Å². The minimum atomic E-state index is -0.824. The number of benzene rings is 1. The molecule has 92 valence electrons. The monoisotopic (exact) mass is 234 g/mol. The number of likely N-dealkylation sites (tertiary alicyclic amines) is 1. The lowest BCUT2D eigenvalue weighted by molar-refractivity contribution is 0.130. The summed E-state index contributed by atoms with van der Waals surface area (Å²) in [6.07, 6.45) is 1.13. The van der Waals surface area contributed by atoms with E-state index in [4.69, 9.17) is 10.8 Å². The molecule has 0 saturated carbocycles. The summed E-state index contributed by atoms with van der Waals surface area (Å²) in [5, 5.41) is 9.00. The fourth-order valence-corrected chi connectivity index (χ4v) is 2.34. The molecule has 4 nitrogen and oxygen atoms in total.